The Morgan fingerprint density at radius 2 is 1.82 bits per heavy atom. The lowest BCUT2D eigenvalue weighted by atomic mass is 9.97. The molecule has 34 heavy (non-hydrogen) atoms. The molecular weight excluding hydrogens is 468 g/mol. The molecule has 168 valence electrons. The molecule has 0 N–H and O–H groups in total. The molecule has 0 radical (unpaired) electrons. The first kappa shape index (κ1) is 20.9. The van der Waals surface area contributed by atoms with Crippen LogP contribution in [0.15, 0.2) is 53.3 Å². The van der Waals surface area contributed by atoms with Gasteiger partial charge < -0.3 is 0 Å². The number of nitro groups is 1. The van der Waals surface area contributed by atoms with Gasteiger partial charge in [-0.15, -0.1) is 11.3 Å². The average molecular weight is 487 g/mol. The highest BCUT2D eigenvalue weighted by molar-refractivity contribution is 7.21. The van der Waals surface area contributed by atoms with Crippen molar-refractivity contribution in [2.75, 3.05) is 0 Å². The Morgan fingerprint density at radius 3 is 2.65 bits per heavy atom. The molecular formula is C25H18N4O3S2. The second kappa shape index (κ2) is 8.27. The molecule has 7 nitrogen and oxygen atoms in total. The Balaban J connectivity index is 1.60. The fourth-order valence-corrected chi connectivity index (χ4v) is 6.58. The Labute approximate surface area is 201 Å². The van der Waals surface area contributed by atoms with Crippen molar-refractivity contribution in [3.63, 3.8) is 0 Å². The van der Waals surface area contributed by atoms with Crippen LogP contribution in [-0.4, -0.2) is 19.5 Å². The summed E-state index contributed by atoms with van der Waals surface area (Å²) in [6.07, 6.45) is 7.83. The summed E-state index contributed by atoms with van der Waals surface area (Å²) in [5.41, 5.74) is 2.44. The first-order chi connectivity index (χ1) is 16.6. The Bertz CT molecular complexity index is 1660. The van der Waals surface area contributed by atoms with E-state index in [4.69, 9.17) is 4.98 Å². The SMILES string of the molecule is O=c1c2c3c(sc2nc(/C=C/c2ccccc2)n1-c1nc2cc([N+](=O)[O-])ccc2s1)CCCC3. The van der Waals surface area contributed by atoms with E-state index < -0.39 is 4.92 Å². The zero-order valence-corrected chi connectivity index (χ0v) is 19.6. The van der Waals surface area contributed by atoms with Crippen LogP contribution in [0.5, 0.6) is 0 Å². The second-order valence-electron chi connectivity index (χ2n) is 8.15. The molecule has 0 atom stereocenters. The third-order valence-electron chi connectivity index (χ3n) is 6.00. The number of nitrogens with zero attached hydrogens (tertiary/aromatic N) is 4. The van der Waals surface area contributed by atoms with E-state index in [-0.39, 0.29) is 11.2 Å². The number of non-ortho nitro benzene ring substituents is 1. The molecule has 3 heterocycles. The summed E-state index contributed by atoms with van der Waals surface area (Å²) in [4.78, 5) is 36.2. The summed E-state index contributed by atoms with van der Waals surface area (Å²) < 4.78 is 2.33. The van der Waals surface area contributed by atoms with Crippen LogP contribution >= 0.6 is 22.7 Å². The number of hydrogen-bond donors (Lipinski definition) is 0. The number of fused-ring (bicyclic) bond motifs is 4. The van der Waals surface area contributed by atoms with Crippen molar-refractivity contribution in [1.82, 2.24) is 14.5 Å². The summed E-state index contributed by atoms with van der Waals surface area (Å²) in [6.45, 7) is 0. The van der Waals surface area contributed by atoms with E-state index in [0.717, 1.165) is 46.3 Å². The molecule has 3 aromatic heterocycles. The standard InChI is InChI=1S/C25H18N4O3S2/c30-24-22-17-8-4-5-9-19(17)33-23(22)27-21(13-10-15-6-2-1-3-7-15)28(24)25-26-18-14-16(29(31)32)11-12-20(18)34-25/h1-3,6-7,10-14H,4-5,8-9H2/b13-10+. The van der Waals surface area contributed by atoms with E-state index in [1.165, 1.54) is 28.3 Å². The number of hydrogen-bond acceptors (Lipinski definition) is 7. The molecule has 0 unspecified atom stereocenters. The minimum Gasteiger partial charge on any atom is -0.268 e. The Kier molecular flexibility index (Phi) is 5.08. The van der Waals surface area contributed by atoms with Crippen molar-refractivity contribution < 1.29 is 4.92 Å². The maximum absolute atomic E-state index is 13.9. The molecule has 5 aromatic rings. The molecule has 0 saturated carbocycles. The number of thiazole rings is 1. The van der Waals surface area contributed by atoms with Crippen molar-refractivity contribution in [2.24, 2.45) is 0 Å². The normalized spacial score (nSPS) is 13.6. The quantitative estimate of drug-likeness (QED) is 0.229. The molecule has 0 spiro atoms. The Morgan fingerprint density at radius 1 is 1.00 bits per heavy atom. The molecule has 2 aromatic carbocycles. The van der Waals surface area contributed by atoms with E-state index >= 15 is 0 Å². The number of thiophene rings is 1. The van der Waals surface area contributed by atoms with Crippen LogP contribution in [0.2, 0.25) is 0 Å². The third kappa shape index (κ3) is 3.53. The predicted molar refractivity (Wildman–Crippen MR) is 137 cm³/mol. The van der Waals surface area contributed by atoms with Crippen LogP contribution in [0.4, 0.5) is 5.69 Å². The number of nitro benzene ring substituents is 1. The van der Waals surface area contributed by atoms with Crippen LogP contribution in [0.1, 0.15) is 34.7 Å². The van der Waals surface area contributed by atoms with E-state index in [9.17, 15) is 14.9 Å². The van der Waals surface area contributed by atoms with Gasteiger partial charge in [0, 0.05) is 17.0 Å². The van der Waals surface area contributed by atoms with E-state index in [1.807, 2.05) is 42.5 Å². The van der Waals surface area contributed by atoms with Crippen molar-refractivity contribution >= 4 is 60.9 Å². The maximum atomic E-state index is 13.9. The van der Waals surface area contributed by atoms with Gasteiger partial charge in [-0.05, 0) is 49.0 Å². The first-order valence-electron chi connectivity index (χ1n) is 10.9. The number of aryl methyl sites for hydroxylation is 2. The van der Waals surface area contributed by atoms with Gasteiger partial charge in [-0.2, -0.15) is 0 Å². The number of aromatic nitrogens is 3. The van der Waals surface area contributed by atoms with Gasteiger partial charge in [-0.1, -0.05) is 47.7 Å². The van der Waals surface area contributed by atoms with Gasteiger partial charge in [0.15, 0.2) is 5.13 Å². The van der Waals surface area contributed by atoms with Crippen LogP contribution in [0.25, 0.3) is 37.7 Å². The van der Waals surface area contributed by atoms with Crippen molar-refractivity contribution in [3.05, 3.63) is 90.8 Å². The summed E-state index contributed by atoms with van der Waals surface area (Å²) >= 11 is 2.94. The highest BCUT2D eigenvalue weighted by atomic mass is 32.1. The van der Waals surface area contributed by atoms with Crippen molar-refractivity contribution in [2.45, 2.75) is 25.7 Å². The van der Waals surface area contributed by atoms with Gasteiger partial charge in [-0.25, -0.2) is 14.5 Å². The van der Waals surface area contributed by atoms with Gasteiger partial charge in [0.05, 0.1) is 20.5 Å². The van der Waals surface area contributed by atoms with Crippen molar-refractivity contribution in [3.8, 4) is 5.13 Å². The van der Waals surface area contributed by atoms with Crippen molar-refractivity contribution in [1.29, 1.82) is 0 Å². The molecule has 0 aliphatic heterocycles. The monoisotopic (exact) mass is 486 g/mol. The fourth-order valence-electron chi connectivity index (χ4n) is 4.37. The largest absolute Gasteiger partial charge is 0.271 e. The Hall–Kier alpha value is -3.69. The van der Waals surface area contributed by atoms with E-state index in [1.54, 1.807) is 22.0 Å². The summed E-state index contributed by atoms with van der Waals surface area (Å²) in [7, 11) is 0. The van der Waals surface area contributed by atoms with E-state index in [0.29, 0.717) is 21.9 Å². The molecule has 0 fully saturated rings. The molecule has 0 amide bonds. The topological polar surface area (TPSA) is 90.9 Å². The van der Waals surface area contributed by atoms with Crippen LogP contribution in [0, 0.1) is 10.1 Å². The van der Waals surface area contributed by atoms with Gasteiger partial charge in [0.1, 0.15) is 10.7 Å². The smallest absolute Gasteiger partial charge is 0.268 e. The second-order valence-corrected chi connectivity index (χ2v) is 10.2. The molecule has 0 saturated heterocycles. The lowest BCUT2D eigenvalue weighted by Crippen LogP contribution is -2.22. The first-order valence-corrected chi connectivity index (χ1v) is 12.6. The lowest BCUT2D eigenvalue weighted by molar-refractivity contribution is -0.384. The average Bonchev–Trinajstić information content (AvgIpc) is 3.43. The minimum atomic E-state index is -0.441. The highest BCUT2D eigenvalue weighted by Crippen LogP contribution is 2.35. The van der Waals surface area contributed by atoms with Crippen LogP contribution in [-0.2, 0) is 12.8 Å². The van der Waals surface area contributed by atoms with Gasteiger partial charge in [-0.3, -0.25) is 14.9 Å². The third-order valence-corrected chi connectivity index (χ3v) is 8.21. The minimum absolute atomic E-state index is 0.0265. The van der Waals surface area contributed by atoms with Gasteiger partial charge in [0.2, 0.25) is 0 Å². The van der Waals surface area contributed by atoms with E-state index in [2.05, 4.69) is 4.98 Å². The molecule has 1 aliphatic carbocycles. The number of benzene rings is 2. The fraction of sp³-hybridized carbons (Fsp3) is 0.160. The zero-order valence-electron chi connectivity index (χ0n) is 17.9. The maximum Gasteiger partial charge on any atom is 0.271 e. The zero-order chi connectivity index (χ0) is 23.2. The number of rotatable bonds is 4. The molecule has 1 aliphatic rings. The molecule has 6 rings (SSSR count). The molecule has 0 bridgehead atoms. The lowest BCUT2D eigenvalue weighted by Gasteiger charge is -2.11. The summed E-state index contributed by atoms with van der Waals surface area (Å²) in [5, 5.41) is 12.3. The summed E-state index contributed by atoms with van der Waals surface area (Å²) in [5.74, 6) is 0.494. The van der Waals surface area contributed by atoms with Crippen LogP contribution in [0.3, 0.4) is 0 Å². The van der Waals surface area contributed by atoms with Gasteiger partial charge in [0.25, 0.3) is 11.2 Å². The molecule has 9 heteroatoms. The summed E-state index contributed by atoms with van der Waals surface area (Å²) in [6, 6.07) is 14.4. The predicted octanol–water partition coefficient (Wildman–Crippen LogP) is 6.01. The van der Waals surface area contributed by atoms with Gasteiger partial charge >= 0.3 is 0 Å². The van der Waals surface area contributed by atoms with Crippen LogP contribution < -0.4 is 5.56 Å². The highest BCUT2D eigenvalue weighted by Gasteiger charge is 2.23.